The van der Waals surface area contributed by atoms with Crippen molar-refractivity contribution in [3.63, 3.8) is 0 Å². The Hall–Kier alpha value is -1.55. The van der Waals surface area contributed by atoms with Crippen molar-refractivity contribution < 1.29 is 9.53 Å². The van der Waals surface area contributed by atoms with E-state index in [1.165, 1.54) is 0 Å². The van der Waals surface area contributed by atoms with Gasteiger partial charge in [0.05, 0.1) is 11.4 Å². The van der Waals surface area contributed by atoms with Gasteiger partial charge in [0.2, 0.25) is 5.91 Å². The van der Waals surface area contributed by atoms with Crippen LogP contribution in [0.15, 0.2) is 36.4 Å². The second-order valence-corrected chi connectivity index (χ2v) is 6.77. The summed E-state index contributed by atoms with van der Waals surface area (Å²) in [5.74, 6) is 0.717. The van der Waals surface area contributed by atoms with Crippen LogP contribution in [0.4, 0.5) is 5.69 Å². The summed E-state index contributed by atoms with van der Waals surface area (Å²) in [7, 11) is 1.64. The first-order valence-corrected chi connectivity index (χ1v) is 6.79. The Morgan fingerprint density at radius 2 is 1.79 bits per heavy atom. The van der Waals surface area contributed by atoms with E-state index in [-0.39, 0.29) is 5.91 Å². The summed E-state index contributed by atoms with van der Waals surface area (Å²) < 4.78 is 4.73. The average molecular weight is 322 g/mol. The number of rotatable bonds is 3. The average Bonchev–Trinajstić information content (AvgIpc) is 2.38. The van der Waals surface area contributed by atoms with Crippen LogP contribution >= 0.6 is 15.9 Å². The van der Waals surface area contributed by atoms with E-state index in [1.54, 1.807) is 7.11 Å². The number of benzene rings is 2. The fourth-order valence-electron chi connectivity index (χ4n) is 1.83. The highest BCUT2D eigenvalue weighted by Crippen LogP contribution is 2.32. The van der Waals surface area contributed by atoms with E-state index in [0.29, 0.717) is 0 Å². The maximum atomic E-state index is 12.0. The fraction of sp³-hybridized carbons (Fsp3) is 0.267. The molecule has 0 heterocycles. The molecule has 0 aliphatic rings. The molecule has 0 spiro atoms. The molecule has 0 bridgehead atoms. The van der Waals surface area contributed by atoms with Gasteiger partial charge >= 0.3 is 0 Å². The largest absolute Gasteiger partial charge is 0.496 e. The van der Waals surface area contributed by atoms with Crippen LogP contribution in [0, 0.1) is 0 Å². The molecule has 0 fully saturated rings. The number of methoxy groups -OCH3 is 1. The van der Waals surface area contributed by atoms with Crippen LogP contribution in [-0.4, -0.2) is 17.3 Å². The van der Waals surface area contributed by atoms with Gasteiger partial charge in [-0.05, 0) is 26.0 Å². The molecule has 100 valence electrons. The molecule has 0 radical (unpaired) electrons. The summed E-state index contributed by atoms with van der Waals surface area (Å²) >= 11 is 3.36. The fourth-order valence-corrected chi connectivity index (χ4v) is 1.93. The van der Waals surface area contributed by atoms with Crippen LogP contribution in [0.5, 0.6) is 5.75 Å². The van der Waals surface area contributed by atoms with Crippen molar-refractivity contribution in [1.29, 1.82) is 0 Å². The molecule has 1 N–H and O–H groups in total. The van der Waals surface area contributed by atoms with E-state index in [2.05, 4.69) is 21.2 Å². The van der Waals surface area contributed by atoms with Crippen molar-refractivity contribution in [2.45, 2.75) is 18.2 Å². The zero-order valence-electron chi connectivity index (χ0n) is 11.2. The number of anilines is 1. The first kappa shape index (κ1) is 13.9. The smallest absolute Gasteiger partial charge is 0.240 e. The highest BCUT2D eigenvalue weighted by Gasteiger charge is 2.24. The lowest BCUT2D eigenvalue weighted by atomic mass is 10.1. The summed E-state index contributed by atoms with van der Waals surface area (Å²) in [5.41, 5.74) is 0.786. The molecule has 0 saturated heterocycles. The molecule has 2 aromatic rings. The molecule has 0 atom stereocenters. The molecule has 0 aliphatic heterocycles. The van der Waals surface area contributed by atoms with Gasteiger partial charge in [0.25, 0.3) is 0 Å². The first-order chi connectivity index (χ1) is 8.93. The van der Waals surface area contributed by atoms with Gasteiger partial charge in [0, 0.05) is 16.5 Å². The first-order valence-electron chi connectivity index (χ1n) is 5.99. The lowest BCUT2D eigenvalue weighted by Crippen LogP contribution is -2.31. The monoisotopic (exact) mass is 321 g/mol. The van der Waals surface area contributed by atoms with Crippen LogP contribution in [-0.2, 0) is 4.79 Å². The number of hydrogen-bond donors (Lipinski definition) is 1. The normalized spacial score (nSPS) is 11.4. The molecule has 2 aromatic carbocycles. The van der Waals surface area contributed by atoms with Crippen molar-refractivity contribution in [3.05, 3.63) is 36.4 Å². The van der Waals surface area contributed by atoms with Gasteiger partial charge in [0.15, 0.2) is 0 Å². The minimum absolute atomic E-state index is 0.0807. The van der Waals surface area contributed by atoms with Crippen molar-refractivity contribution in [1.82, 2.24) is 0 Å². The van der Waals surface area contributed by atoms with Crippen LogP contribution in [0.2, 0.25) is 0 Å². The molecule has 0 aliphatic carbocycles. The Labute approximate surface area is 121 Å². The third-order valence-corrected chi connectivity index (χ3v) is 3.25. The van der Waals surface area contributed by atoms with E-state index < -0.39 is 4.32 Å². The van der Waals surface area contributed by atoms with Crippen LogP contribution in [0.3, 0.4) is 0 Å². The summed E-state index contributed by atoms with van der Waals surface area (Å²) in [6, 6.07) is 11.6. The number of alkyl halides is 1. The molecule has 3 nitrogen and oxygen atoms in total. The molecule has 0 saturated carbocycles. The van der Waals surface area contributed by atoms with Gasteiger partial charge in [-0.25, -0.2) is 0 Å². The zero-order valence-corrected chi connectivity index (χ0v) is 12.7. The number of fused-ring (bicyclic) bond motifs is 1. The summed E-state index contributed by atoms with van der Waals surface area (Å²) in [6.45, 7) is 3.63. The number of amides is 1. The highest BCUT2D eigenvalue weighted by atomic mass is 79.9. The Balaban J connectivity index is 2.48. The quantitative estimate of drug-likeness (QED) is 0.869. The van der Waals surface area contributed by atoms with E-state index in [9.17, 15) is 4.79 Å². The number of nitrogens with one attached hydrogen (secondary N) is 1. The maximum absolute atomic E-state index is 12.0. The van der Waals surface area contributed by atoms with Crippen LogP contribution in [0.1, 0.15) is 13.8 Å². The summed E-state index contributed by atoms with van der Waals surface area (Å²) in [6.07, 6.45) is 0. The molecule has 0 aromatic heterocycles. The van der Waals surface area contributed by atoms with Crippen molar-refractivity contribution >= 4 is 38.3 Å². The SMILES string of the molecule is COc1ccc(NC(=O)C(C)(C)Br)c2ccccc12. The van der Waals surface area contributed by atoms with E-state index in [1.807, 2.05) is 50.2 Å². The van der Waals surface area contributed by atoms with Gasteiger partial charge in [-0.1, -0.05) is 40.2 Å². The lowest BCUT2D eigenvalue weighted by Gasteiger charge is -2.17. The zero-order chi connectivity index (χ0) is 14.0. The number of hydrogen-bond acceptors (Lipinski definition) is 2. The topological polar surface area (TPSA) is 38.3 Å². The number of carbonyl (C=O) groups excluding carboxylic acids is 1. The second-order valence-electron chi connectivity index (χ2n) is 4.79. The number of carbonyl (C=O) groups is 1. The van der Waals surface area contributed by atoms with E-state index >= 15 is 0 Å². The van der Waals surface area contributed by atoms with Gasteiger partial charge in [-0.3, -0.25) is 4.79 Å². The van der Waals surface area contributed by atoms with Gasteiger partial charge in [-0.2, -0.15) is 0 Å². The highest BCUT2D eigenvalue weighted by molar-refractivity contribution is 9.10. The van der Waals surface area contributed by atoms with Crippen molar-refractivity contribution in [3.8, 4) is 5.75 Å². The predicted octanol–water partition coefficient (Wildman–Crippen LogP) is 3.96. The second kappa shape index (κ2) is 5.21. The van der Waals surface area contributed by atoms with E-state index in [4.69, 9.17) is 4.74 Å². The van der Waals surface area contributed by atoms with Gasteiger partial charge in [0.1, 0.15) is 5.75 Å². The summed E-state index contributed by atoms with van der Waals surface area (Å²) in [5, 5.41) is 4.88. The minimum Gasteiger partial charge on any atom is -0.496 e. The van der Waals surface area contributed by atoms with Crippen molar-refractivity contribution in [2.75, 3.05) is 12.4 Å². The van der Waals surface area contributed by atoms with E-state index in [0.717, 1.165) is 22.2 Å². The third kappa shape index (κ3) is 2.89. The molecule has 0 unspecified atom stereocenters. The standard InChI is InChI=1S/C15H16BrNO2/c1-15(2,16)14(18)17-12-8-9-13(19-3)11-7-5-4-6-10(11)12/h4-9H,1-3H3,(H,17,18). The molecule has 4 heteroatoms. The lowest BCUT2D eigenvalue weighted by molar-refractivity contribution is -0.117. The van der Waals surface area contributed by atoms with Crippen molar-refractivity contribution in [2.24, 2.45) is 0 Å². The predicted molar refractivity (Wildman–Crippen MR) is 82.1 cm³/mol. The molecule has 19 heavy (non-hydrogen) atoms. The Kier molecular flexibility index (Phi) is 3.80. The molecular formula is C15H16BrNO2. The number of halogens is 1. The Morgan fingerprint density at radius 3 is 2.37 bits per heavy atom. The van der Waals surface area contributed by atoms with Crippen LogP contribution < -0.4 is 10.1 Å². The molecule has 2 rings (SSSR count). The maximum Gasteiger partial charge on any atom is 0.240 e. The van der Waals surface area contributed by atoms with Gasteiger partial charge in [-0.15, -0.1) is 0 Å². The van der Waals surface area contributed by atoms with Crippen LogP contribution in [0.25, 0.3) is 10.8 Å². The molecular weight excluding hydrogens is 306 g/mol. The third-order valence-electron chi connectivity index (χ3n) is 2.89. The van der Waals surface area contributed by atoms with Gasteiger partial charge < -0.3 is 10.1 Å². The Morgan fingerprint density at radius 1 is 1.16 bits per heavy atom. The minimum atomic E-state index is -0.603. The Bertz CT molecular complexity index is 617. The number of ether oxygens (including phenoxy) is 1. The molecule has 1 amide bonds. The summed E-state index contributed by atoms with van der Waals surface area (Å²) in [4.78, 5) is 12.0.